The van der Waals surface area contributed by atoms with Crippen molar-refractivity contribution in [3.8, 4) is 5.75 Å². The first-order valence-electron chi connectivity index (χ1n) is 8.40. The van der Waals surface area contributed by atoms with E-state index in [9.17, 15) is 0 Å². The van der Waals surface area contributed by atoms with Gasteiger partial charge in [0, 0.05) is 0 Å². The summed E-state index contributed by atoms with van der Waals surface area (Å²) in [5.74, 6) is 0.933. The minimum absolute atomic E-state index is 0.0752. The molecule has 1 aromatic rings. The summed E-state index contributed by atoms with van der Waals surface area (Å²) in [6.45, 7) is 2.71. The minimum atomic E-state index is -4.67. The number of aliphatic hydroxyl groups excluding tert-OH is 1. The molecule has 0 saturated heterocycles. The summed E-state index contributed by atoms with van der Waals surface area (Å²) in [4.78, 5) is 0. The first-order chi connectivity index (χ1) is 11.4. The maximum absolute atomic E-state index is 8.81. The number of aliphatic hydroxyl groups is 1. The summed E-state index contributed by atoms with van der Waals surface area (Å²) in [6, 6.07) is 8.17. The van der Waals surface area contributed by atoms with E-state index in [1.807, 2.05) is 12.1 Å². The zero-order chi connectivity index (χ0) is 18.3. The average Bonchev–Trinajstić information content (AvgIpc) is 2.51. The molecule has 6 nitrogen and oxygen atoms in total. The lowest BCUT2D eigenvalue weighted by Crippen LogP contribution is -2.03. The van der Waals surface area contributed by atoms with Crippen LogP contribution < -0.4 is 4.74 Å². The summed E-state index contributed by atoms with van der Waals surface area (Å²) in [5.41, 5.74) is 1.27. The van der Waals surface area contributed by atoms with E-state index in [4.69, 9.17) is 27.4 Å². The summed E-state index contributed by atoms with van der Waals surface area (Å²) >= 11 is 0. The quantitative estimate of drug-likeness (QED) is 0.409. The average molecular weight is 362 g/mol. The normalized spacial score (nSPS) is 10.8. The van der Waals surface area contributed by atoms with E-state index in [0.29, 0.717) is 6.61 Å². The number of ether oxygens (including phenoxy) is 1. The van der Waals surface area contributed by atoms with Gasteiger partial charge in [-0.1, -0.05) is 63.6 Å². The monoisotopic (exact) mass is 362 g/mol. The first-order valence-corrected chi connectivity index (χ1v) is 9.79. The van der Waals surface area contributed by atoms with Crippen LogP contribution >= 0.6 is 0 Å². The molecular weight excluding hydrogens is 332 g/mol. The zero-order valence-electron chi connectivity index (χ0n) is 14.4. The molecule has 3 N–H and O–H groups in total. The van der Waals surface area contributed by atoms with Gasteiger partial charge < -0.3 is 9.84 Å². The second-order valence-corrected chi connectivity index (χ2v) is 6.39. The zero-order valence-corrected chi connectivity index (χ0v) is 15.2. The van der Waals surface area contributed by atoms with Crippen LogP contribution in [0.15, 0.2) is 24.3 Å². The van der Waals surface area contributed by atoms with E-state index >= 15 is 0 Å². The Bertz CT molecular complexity index is 508. The van der Waals surface area contributed by atoms with Crippen LogP contribution in [0, 0.1) is 0 Å². The summed E-state index contributed by atoms with van der Waals surface area (Å²) in [6.07, 6.45) is 10.4. The molecule has 0 aliphatic heterocycles. The highest BCUT2D eigenvalue weighted by molar-refractivity contribution is 7.79. The van der Waals surface area contributed by atoms with Gasteiger partial charge in [-0.3, -0.25) is 9.11 Å². The summed E-state index contributed by atoms with van der Waals surface area (Å²) < 4.78 is 37.1. The molecule has 0 fully saturated rings. The lowest BCUT2D eigenvalue weighted by atomic mass is 10.0. The third-order valence-electron chi connectivity index (χ3n) is 3.37. The SMILES string of the molecule is CCCCCCCCCc1ccccc1OCCO.O=S(=O)(O)O. The second kappa shape index (κ2) is 14.2. The molecule has 0 bridgehead atoms. The molecule has 140 valence electrons. The molecule has 0 radical (unpaired) electrons. The van der Waals surface area contributed by atoms with Crippen LogP contribution in [0.4, 0.5) is 0 Å². The molecule has 1 rings (SSSR count). The van der Waals surface area contributed by atoms with Crippen molar-refractivity contribution < 1.29 is 27.4 Å². The maximum atomic E-state index is 8.81. The number of hydrogen-bond donors (Lipinski definition) is 3. The lowest BCUT2D eigenvalue weighted by molar-refractivity contribution is 0.200. The third-order valence-corrected chi connectivity index (χ3v) is 3.37. The highest BCUT2D eigenvalue weighted by Crippen LogP contribution is 2.20. The predicted octanol–water partition coefficient (Wildman–Crippen LogP) is 3.70. The second-order valence-electron chi connectivity index (χ2n) is 5.50. The molecule has 7 heteroatoms. The summed E-state index contributed by atoms with van der Waals surface area (Å²) in [5, 5.41) is 8.81. The molecule has 0 unspecified atom stereocenters. The van der Waals surface area contributed by atoms with Gasteiger partial charge in [0.15, 0.2) is 0 Å². The molecule has 0 atom stereocenters. The van der Waals surface area contributed by atoms with Gasteiger partial charge in [-0.05, 0) is 24.5 Å². The first kappa shape index (κ1) is 22.9. The molecule has 24 heavy (non-hydrogen) atoms. The van der Waals surface area contributed by atoms with Crippen molar-refractivity contribution in [2.45, 2.75) is 58.3 Å². The van der Waals surface area contributed by atoms with E-state index in [1.54, 1.807) is 0 Å². The fraction of sp³-hybridized carbons (Fsp3) is 0.647. The predicted molar refractivity (Wildman–Crippen MR) is 94.9 cm³/mol. The number of benzene rings is 1. The Balaban J connectivity index is 0.000000922. The molecule has 0 heterocycles. The van der Waals surface area contributed by atoms with Crippen molar-refractivity contribution in [1.29, 1.82) is 0 Å². The van der Waals surface area contributed by atoms with Gasteiger partial charge in [0.05, 0.1) is 6.61 Å². The van der Waals surface area contributed by atoms with E-state index in [2.05, 4.69) is 19.1 Å². The number of rotatable bonds is 11. The van der Waals surface area contributed by atoms with Crippen LogP contribution in [0.2, 0.25) is 0 Å². The van der Waals surface area contributed by atoms with Gasteiger partial charge in [0.2, 0.25) is 0 Å². The van der Waals surface area contributed by atoms with Crippen LogP contribution in [0.1, 0.15) is 57.4 Å². The Morgan fingerprint density at radius 2 is 1.50 bits per heavy atom. The Morgan fingerprint density at radius 1 is 0.958 bits per heavy atom. The lowest BCUT2D eigenvalue weighted by Gasteiger charge is -2.10. The number of hydrogen-bond acceptors (Lipinski definition) is 4. The van der Waals surface area contributed by atoms with Crippen molar-refractivity contribution in [1.82, 2.24) is 0 Å². The van der Waals surface area contributed by atoms with Crippen molar-refractivity contribution in [2.24, 2.45) is 0 Å². The fourth-order valence-electron chi connectivity index (χ4n) is 2.28. The van der Waals surface area contributed by atoms with Gasteiger partial charge in [-0.15, -0.1) is 0 Å². The topological polar surface area (TPSA) is 104 Å². The minimum Gasteiger partial charge on any atom is -0.491 e. The number of unbranched alkanes of at least 4 members (excludes halogenated alkanes) is 6. The molecule has 0 spiro atoms. The highest BCUT2D eigenvalue weighted by Gasteiger charge is 2.02. The van der Waals surface area contributed by atoms with Crippen molar-refractivity contribution >= 4 is 10.4 Å². The van der Waals surface area contributed by atoms with Gasteiger partial charge >= 0.3 is 10.4 Å². The third kappa shape index (κ3) is 15.7. The smallest absolute Gasteiger partial charge is 0.394 e. The molecular formula is C17H30O6S. The van der Waals surface area contributed by atoms with E-state index in [1.165, 1.54) is 50.5 Å². The molecule has 0 aliphatic carbocycles. The van der Waals surface area contributed by atoms with Crippen LogP contribution in [-0.2, 0) is 16.8 Å². The molecule has 0 amide bonds. The van der Waals surface area contributed by atoms with Gasteiger partial charge in [0.1, 0.15) is 12.4 Å². The van der Waals surface area contributed by atoms with E-state index in [0.717, 1.165) is 12.2 Å². The molecule has 0 saturated carbocycles. The van der Waals surface area contributed by atoms with Crippen LogP contribution in [-0.4, -0.2) is 35.8 Å². The highest BCUT2D eigenvalue weighted by atomic mass is 32.3. The summed E-state index contributed by atoms with van der Waals surface area (Å²) in [7, 11) is -4.67. The number of para-hydroxylation sites is 1. The Morgan fingerprint density at radius 3 is 2.08 bits per heavy atom. The van der Waals surface area contributed by atoms with Crippen LogP contribution in [0.3, 0.4) is 0 Å². The number of aryl methyl sites for hydroxylation is 1. The van der Waals surface area contributed by atoms with Gasteiger partial charge in [-0.25, -0.2) is 0 Å². The largest absolute Gasteiger partial charge is 0.491 e. The van der Waals surface area contributed by atoms with Crippen molar-refractivity contribution in [2.75, 3.05) is 13.2 Å². The standard InChI is InChI=1S/C17H28O2.H2O4S/c1-2-3-4-5-6-7-8-11-16-12-9-10-13-17(16)19-15-14-18;1-5(2,3)4/h9-10,12-13,18H,2-8,11,14-15H2,1H3;(H2,1,2,3,4). The molecule has 1 aromatic carbocycles. The van der Waals surface area contributed by atoms with Gasteiger partial charge in [-0.2, -0.15) is 8.42 Å². The van der Waals surface area contributed by atoms with Crippen molar-refractivity contribution in [3.05, 3.63) is 29.8 Å². The van der Waals surface area contributed by atoms with Crippen LogP contribution in [0.5, 0.6) is 5.75 Å². The Labute approximate surface area is 145 Å². The van der Waals surface area contributed by atoms with Crippen LogP contribution in [0.25, 0.3) is 0 Å². The van der Waals surface area contributed by atoms with E-state index in [-0.39, 0.29) is 6.61 Å². The molecule has 0 aromatic heterocycles. The Kier molecular flexibility index (Phi) is 13.5. The van der Waals surface area contributed by atoms with Gasteiger partial charge in [0.25, 0.3) is 0 Å². The fourth-order valence-corrected chi connectivity index (χ4v) is 2.28. The Hall–Kier alpha value is -1.15. The molecule has 0 aliphatic rings. The van der Waals surface area contributed by atoms with E-state index < -0.39 is 10.4 Å². The maximum Gasteiger partial charge on any atom is 0.394 e. The van der Waals surface area contributed by atoms with Crippen molar-refractivity contribution in [3.63, 3.8) is 0 Å².